The topological polar surface area (TPSA) is 90.3 Å². The highest BCUT2D eigenvalue weighted by atomic mass is 32.1. The molecule has 3 aromatic rings. The lowest BCUT2D eigenvalue weighted by Gasteiger charge is -2.08. The number of benzene rings is 1. The van der Waals surface area contributed by atoms with Gasteiger partial charge in [-0.15, -0.1) is 11.3 Å². The standard InChI is InChI=1S/C20H21N3O4S/c1-13-5-7-14(8-6-13)15-11-28-19-18(15)20(26)23(12-22-19)10-16(24)21-9-3-4-17(25)27-2/h5-8,11-12H,3-4,9-10H2,1-2H3,(H,21,24). The molecule has 8 heteroatoms. The Kier molecular flexibility index (Phi) is 6.20. The molecule has 0 unspecified atom stereocenters. The van der Waals surface area contributed by atoms with Gasteiger partial charge < -0.3 is 10.1 Å². The predicted molar refractivity (Wildman–Crippen MR) is 108 cm³/mol. The number of hydrogen-bond donors (Lipinski definition) is 1. The van der Waals surface area contributed by atoms with E-state index < -0.39 is 0 Å². The van der Waals surface area contributed by atoms with E-state index >= 15 is 0 Å². The molecule has 2 aromatic heterocycles. The summed E-state index contributed by atoms with van der Waals surface area (Å²) >= 11 is 1.41. The summed E-state index contributed by atoms with van der Waals surface area (Å²) in [5.41, 5.74) is 2.67. The maximum atomic E-state index is 12.9. The van der Waals surface area contributed by atoms with Crippen LogP contribution in [0.1, 0.15) is 18.4 Å². The average Bonchev–Trinajstić information content (AvgIpc) is 3.12. The Morgan fingerprint density at radius 1 is 1.25 bits per heavy atom. The predicted octanol–water partition coefficient (Wildman–Crippen LogP) is 2.50. The molecule has 0 bridgehead atoms. The average molecular weight is 399 g/mol. The molecule has 0 radical (unpaired) electrons. The van der Waals surface area contributed by atoms with Gasteiger partial charge in [0, 0.05) is 23.9 Å². The Labute approximate surface area is 166 Å². The van der Waals surface area contributed by atoms with Gasteiger partial charge in [-0.25, -0.2) is 4.98 Å². The molecular formula is C20H21N3O4S. The molecule has 0 aliphatic carbocycles. The molecule has 146 valence electrons. The van der Waals surface area contributed by atoms with E-state index in [2.05, 4.69) is 15.0 Å². The zero-order chi connectivity index (χ0) is 20.1. The number of aryl methyl sites for hydroxylation is 1. The maximum Gasteiger partial charge on any atom is 0.305 e. The summed E-state index contributed by atoms with van der Waals surface area (Å²) in [6.45, 7) is 2.22. The van der Waals surface area contributed by atoms with E-state index in [9.17, 15) is 14.4 Å². The minimum absolute atomic E-state index is 0.122. The van der Waals surface area contributed by atoms with E-state index in [0.717, 1.165) is 16.7 Å². The van der Waals surface area contributed by atoms with E-state index in [4.69, 9.17) is 0 Å². The lowest BCUT2D eigenvalue weighted by Crippen LogP contribution is -2.33. The van der Waals surface area contributed by atoms with Crippen LogP contribution >= 0.6 is 11.3 Å². The highest BCUT2D eigenvalue weighted by Crippen LogP contribution is 2.30. The van der Waals surface area contributed by atoms with Crippen molar-refractivity contribution in [3.8, 4) is 11.1 Å². The van der Waals surface area contributed by atoms with Gasteiger partial charge in [-0.05, 0) is 18.9 Å². The van der Waals surface area contributed by atoms with Crippen molar-refractivity contribution < 1.29 is 14.3 Å². The van der Waals surface area contributed by atoms with Crippen molar-refractivity contribution in [2.45, 2.75) is 26.3 Å². The van der Waals surface area contributed by atoms with Crippen LogP contribution in [0.15, 0.2) is 40.8 Å². The highest BCUT2D eigenvalue weighted by Gasteiger charge is 2.14. The number of aromatic nitrogens is 2. The Morgan fingerprint density at radius 2 is 2.00 bits per heavy atom. The molecule has 0 aliphatic rings. The monoisotopic (exact) mass is 399 g/mol. The van der Waals surface area contributed by atoms with Gasteiger partial charge in [0.15, 0.2) is 0 Å². The number of amides is 1. The SMILES string of the molecule is COC(=O)CCCNC(=O)Cn1cnc2scc(-c3ccc(C)cc3)c2c1=O. The van der Waals surface area contributed by atoms with Gasteiger partial charge in [-0.3, -0.25) is 19.0 Å². The summed E-state index contributed by atoms with van der Waals surface area (Å²) in [4.78, 5) is 41.1. The maximum absolute atomic E-state index is 12.9. The van der Waals surface area contributed by atoms with Crippen LogP contribution in [0.5, 0.6) is 0 Å². The van der Waals surface area contributed by atoms with Crippen LogP contribution in [-0.4, -0.2) is 35.1 Å². The zero-order valence-electron chi connectivity index (χ0n) is 15.7. The normalized spacial score (nSPS) is 10.8. The van der Waals surface area contributed by atoms with Gasteiger partial charge in [-0.2, -0.15) is 0 Å². The zero-order valence-corrected chi connectivity index (χ0v) is 16.5. The van der Waals surface area contributed by atoms with E-state index in [1.54, 1.807) is 0 Å². The van der Waals surface area contributed by atoms with Gasteiger partial charge in [0.1, 0.15) is 11.4 Å². The van der Waals surface area contributed by atoms with Crippen molar-refractivity contribution >= 4 is 33.4 Å². The molecule has 3 rings (SSSR count). The van der Waals surface area contributed by atoms with E-state index in [0.29, 0.717) is 23.2 Å². The summed E-state index contributed by atoms with van der Waals surface area (Å²) in [7, 11) is 1.33. The van der Waals surface area contributed by atoms with Crippen molar-refractivity contribution in [3.05, 3.63) is 51.9 Å². The van der Waals surface area contributed by atoms with E-state index in [1.807, 2.05) is 36.6 Å². The fourth-order valence-corrected chi connectivity index (χ4v) is 3.71. The second-order valence-electron chi connectivity index (χ2n) is 6.40. The second kappa shape index (κ2) is 8.79. The van der Waals surface area contributed by atoms with Crippen LogP contribution in [0, 0.1) is 6.92 Å². The molecule has 0 fully saturated rings. The van der Waals surface area contributed by atoms with Gasteiger partial charge >= 0.3 is 5.97 Å². The first-order valence-corrected chi connectivity index (χ1v) is 9.74. The molecule has 1 N–H and O–H groups in total. The summed E-state index contributed by atoms with van der Waals surface area (Å²) in [6.07, 6.45) is 2.11. The largest absolute Gasteiger partial charge is 0.469 e. The number of thiophene rings is 1. The number of nitrogens with one attached hydrogen (secondary N) is 1. The molecule has 1 aromatic carbocycles. The van der Waals surface area contributed by atoms with Crippen LogP contribution in [0.25, 0.3) is 21.3 Å². The fourth-order valence-electron chi connectivity index (χ4n) is 2.80. The van der Waals surface area contributed by atoms with Crippen LogP contribution in [0.4, 0.5) is 0 Å². The number of rotatable bonds is 7. The molecule has 2 heterocycles. The summed E-state index contributed by atoms with van der Waals surface area (Å²) in [6, 6.07) is 7.94. The third kappa shape index (κ3) is 4.45. The molecule has 28 heavy (non-hydrogen) atoms. The van der Waals surface area contributed by atoms with Gasteiger partial charge in [-0.1, -0.05) is 29.8 Å². The molecule has 0 atom stereocenters. The van der Waals surface area contributed by atoms with Crippen LogP contribution in [0.2, 0.25) is 0 Å². The lowest BCUT2D eigenvalue weighted by molar-refractivity contribution is -0.140. The van der Waals surface area contributed by atoms with Crippen molar-refractivity contribution in [1.29, 1.82) is 0 Å². The van der Waals surface area contributed by atoms with Crippen LogP contribution in [0.3, 0.4) is 0 Å². The molecule has 7 nitrogen and oxygen atoms in total. The van der Waals surface area contributed by atoms with Gasteiger partial charge in [0.25, 0.3) is 5.56 Å². The number of methoxy groups -OCH3 is 1. The van der Waals surface area contributed by atoms with Crippen molar-refractivity contribution in [3.63, 3.8) is 0 Å². The second-order valence-corrected chi connectivity index (χ2v) is 7.26. The van der Waals surface area contributed by atoms with E-state index in [1.165, 1.54) is 29.3 Å². The lowest BCUT2D eigenvalue weighted by atomic mass is 10.1. The summed E-state index contributed by atoms with van der Waals surface area (Å²) < 4.78 is 5.86. The Morgan fingerprint density at radius 3 is 2.71 bits per heavy atom. The number of carbonyl (C=O) groups is 2. The van der Waals surface area contributed by atoms with Gasteiger partial charge in [0.05, 0.1) is 18.8 Å². The summed E-state index contributed by atoms with van der Waals surface area (Å²) in [5.74, 6) is -0.624. The van der Waals surface area contributed by atoms with E-state index in [-0.39, 0.29) is 30.4 Å². The smallest absolute Gasteiger partial charge is 0.305 e. The van der Waals surface area contributed by atoms with Crippen molar-refractivity contribution in [2.24, 2.45) is 0 Å². The molecule has 1 amide bonds. The highest BCUT2D eigenvalue weighted by molar-refractivity contribution is 7.17. The first-order chi connectivity index (χ1) is 13.5. The number of fused-ring (bicyclic) bond motifs is 1. The number of hydrogen-bond acceptors (Lipinski definition) is 6. The first-order valence-electron chi connectivity index (χ1n) is 8.87. The first kappa shape index (κ1) is 19.8. The molecule has 0 spiro atoms. The summed E-state index contributed by atoms with van der Waals surface area (Å²) in [5, 5.41) is 5.14. The van der Waals surface area contributed by atoms with Crippen molar-refractivity contribution in [1.82, 2.24) is 14.9 Å². The van der Waals surface area contributed by atoms with Crippen molar-refractivity contribution in [2.75, 3.05) is 13.7 Å². The van der Waals surface area contributed by atoms with Crippen LogP contribution in [-0.2, 0) is 20.9 Å². The van der Waals surface area contributed by atoms with Crippen LogP contribution < -0.4 is 10.9 Å². The Bertz CT molecular complexity index is 1050. The Balaban J connectivity index is 1.76. The van der Waals surface area contributed by atoms with Gasteiger partial charge in [0.2, 0.25) is 5.91 Å². The molecule has 0 saturated carbocycles. The Hall–Kier alpha value is -3.00. The number of esters is 1. The third-order valence-corrected chi connectivity index (χ3v) is 5.23. The third-order valence-electron chi connectivity index (χ3n) is 4.34. The minimum atomic E-state index is -0.318. The molecule has 0 saturated heterocycles. The molecular weight excluding hydrogens is 378 g/mol. The number of nitrogens with zero attached hydrogens (tertiary/aromatic N) is 2. The number of carbonyl (C=O) groups excluding carboxylic acids is 2. The molecule has 0 aliphatic heterocycles. The fraction of sp³-hybridized carbons (Fsp3) is 0.300. The quantitative estimate of drug-likeness (QED) is 0.487. The number of ether oxygens (including phenoxy) is 1. The minimum Gasteiger partial charge on any atom is -0.469 e.